The molecule has 0 N–H and O–H groups in total. The summed E-state index contributed by atoms with van der Waals surface area (Å²) in [4.78, 5) is 10.9. The molecule has 4 heterocycles. The second-order valence-corrected chi connectivity index (χ2v) is 14.5. The predicted octanol–water partition coefficient (Wildman–Crippen LogP) is 13.0. The lowest BCUT2D eigenvalue weighted by molar-refractivity contribution is 1.08. The van der Waals surface area contributed by atoms with E-state index < -0.39 is 0 Å². The van der Waals surface area contributed by atoms with Gasteiger partial charge in [0.05, 0.1) is 33.1 Å². The van der Waals surface area contributed by atoms with Gasteiger partial charge in [0.25, 0.3) is 0 Å². The van der Waals surface area contributed by atoms with Gasteiger partial charge in [0, 0.05) is 43.3 Å². The van der Waals surface area contributed by atoms with Crippen molar-refractivity contribution in [1.82, 2.24) is 18.9 Å². The zero-order chi connectivity index (χ0) is 35.1. The van der Waals surface area contributed by atoms with Crippen LogP contribution in [0.2, 0.25) is 0 Å². The SMILES string of the molecule is c1ccc2c(c1)cc(-c1nc(-n3c4ccccc4c4c5c6c7ccccc7ccc6n6c7ccccc7c(cc43)c56)c3ccccc3n1)c1ccccc12. The van der Waals surface area contributed by atoms with Crippen molar-refractivity contribution >= 4 is 103 Å². The molecule has 0 aliphatic rings. The maximum Gasteiger partial charge on any atom is 0.162 e. The Morgan fingerprint density at radius 3 is 1.83 bits per heavy atom. The van der Waals surface area contributed by atoms with Crippen LogP contribution in [0.1, 0.15) is 0 Å². The van der Waals surface area contributed by atoms with E-state index in [1.165, 1.54) is 75.8 Å². The van der Waals surface area contributed by atoms with Gasteiger partial charge in [-0.05, 0) is 74.8 Å². The van der Waals surface area contributed by atoms with Crippen LogP contribution in [0.15, 0.2) is 170 Å². The Kier molecular flexibility index (Phi) is 5.34. The van der Waals surface area contributed by atoms with Crippen LogP contribution in [-0.4, -0.2) is 18.9 Å². The zero-order valence-electron chi connectivity index (χ0n) is 29.0. The molecule has 0 spiro atoms. The van der Waals surface area contributed by atoms with Crippen LogP contribution >= 0.6 is 0 Å². The van der Waals surface area contributed by atoms with E-state index in [1.54, 1.807) is 0 Å². The molecule has 4 nitrogen and oxygen atoms in total. The van der Waals surface area contributed by atoms with Crippen molar-refractivity contribution < 1.29 is 0 Å². The van der Waals surface area contributed by atoms with Crippen molar-refractivity contribution in [2.24, 2.45) is 0 Å². The molecule has 0 aliphatic heterocycles. The van der Waals surface area contributed by atoms with Crippen molar-refractivity contribution in [3.63, 3.8) is 0 Å². The lowest BCUT2D eigenvalue weighted by Crippen LogP contribution is -2.03. The number of para-hydroxylation sites is 3. The highest BCUT2D eigenvalue weighted by Gasteiger charge is 2.26. The maximum atomic E-state index is 5.61. The third kappa shape index (κ3) is 3.52. The molecule has 248 valence electrons. The molecule has 0 atom stereocenters. The predicted molar refractivity (Wildman–Crippen MR) is 226 cm³/mol. The molecular weight excluding hydrogens is 657 g/mol. The number of benzene rings is 9. The summed E-state index contributed by atoms with van der Waals surface area (Å²) in [7, 11) is 0. The van der Waals surface area contributed by atoms with E-state index in [0.717, 1.165) is 44.5 Å². The average Bonchev–Trinajstić information content (AvgIpc) is 3.87. The normalized spacial score (nSPS) is 12.4. The quantitative estimate of drug-likeness (QED) is 0.170. The lowest BCUT2D eigenvalue weighted by Gasteiger charge is -2.15. The molecule has 0 saturated heterocycles. The van der Waals surface area contributed by atoms with Gasteiger partial charge >= 0.3 is 0 Å². The van der Waals surface area contributed by atoms with E-state index in [1.807, 2.05) is 0 Å². The van der Waals surface area contributed by atoms with Crippen LogP contribution < -0.4 is 0 Å². The van der Waals surface area contributed by atoms with Gasteiger partial charge in [-0.2, -0.15) is 0 Å². The Bertz CT molecular complexity index is 3740. The second kappa shape index (κ2) is 10.2. The van der Waals surface area contributed by atoms with Crippen LogP contribution in [-0.2, 0) is 0 Å². The first-order valence-corrected chi connectivity index (χ1v) is 18.5. The Morgan fingerprint density at radius 1 is 0.352 bits per heavy atom. The lowest BCUT2D eigenvalue weighted by atomic mass is 9.97. The summed E-state index contributed by atoms with van der Waals surface area (Å²) in [6, 6.07) is 61.5. The first-order chi connectivity index (χ1) is 26.8. The van der Waals surface area contributed by atoms with Gasteiger partial charge in [-0.1, -0.05) is 127 Å². The van der Waals surface area contributed by atoms with Crippen LogP contribution in [0.5, 0.6) is 0 Å². The first kappa shape index (κ1) is 28.3. The molecule has 13 rings (SSSR count). The molecule has 4 heteroatoms. The summed E-state index contributed by atoms with van der Waals surface area (Å²) < 4.78 is 4.91. The van der Waals surface area contributed by atoms with Crippen molar-refractivity contribution in [3.05, 3.63) is 170 Å². The largest absolute Gasteiger partial charge is 0.308 e. The molecule has 0 aliphatic carbocycles. The van der Waals surface area contributed by atoms with Gasteiger partial charge in [0.15, 0.2) is 5.82 Å². The summed E-state index contributed by atoms with van der Waals surface area (Å²) in [5, 5.41) is 15.8. The van der Waals surface area contributed by atoms with Crippen molar-refractivity contribution in [2.45, 2.75) is 0 Å². The standard InChI is InChI=1S/C50H28N4/c1-4-16-32-29(13-1)25-26-43-45(32)47-46-37-21-9-12-24-42(37)54(44(46)28-38-35-19-8-11-23-41(35)53(43)48(38)47)50-36-20-7-10-22-40(36)51-49(52-50)39-27-30-14-2-3-15-31(30)33-17-5-6-18-34(33)39/h1-28H. The molecule has 0 bridgehead atoms. The van der Waals surface area contributed by atoms with Crippen LogP contribution in [0.25, 0.3) is 120 Å². The van der Waals surface area contributed by atoms with Crippen molar-refractivity contribution in [3.8, 4) is 17.2 Å². The van der Waals surface area contributed by atoms with E-state index in [0.29, 0.717) is 0 Å². The monoisotopic (exact) mass is 684 g/mol. The number of hydrogen-bond donors (Lipinski definition) is 0. The van der Waals surface area contributed by atoms with Gasteiger partial charge < -0.3 is 4.40 Å². The highest BCUT2D eigenvalue weighted by molar-refractivity contribution is 6.39. The minimum absolute atomic E-state index is 0.718. The molecule has 4 aromatic heterocycles. The Morgan fingerprint density at radius 2 is 0.981 bits per heavy atom. The zero-order valence-corrected chi connectivity index (χ0v) is 29.0. The minimum atomic E-state index is 0.718. The molecule has 0 unspecified atom stereocenters. The van der Waals surface area contributed by atoms with Crippen LogP contribution in [0, 0.1) is 0 Å². The fraction of sp³-hybridized carbons (Fsp3) is 0. The molecule has 0 amide bonds. The maximum absolute atomic E-state index is 5.61. The van der Waals surface area contributed by atoms with Gasteiger partial charge in [0.1, 0.15) is 5.82 Å². The molecule has 0 fully saturated rings. The van der Waals surface area contributed by atoms with Crippen LogP contribution in [0.3, 0.4) is 0 Å². The fourth-order valence-electron chi connectivity index (χ4n) is 9.59. The smallest absolute Gasteiger partial charge is 0.162 e. The van der Waals surface area contributed by atoms with E-state index in [4.69, 9.17) is 9.97 Å². The van der Waals surface area contributed by atoms with Crippen molar-refractivity contribution in [1.29, 1.82) is 0 Å². The summed E-state index contributed by atoms with van der Waals surface area (Å²) in [6.45, 7) is 0. The number of hydrogen-bond acceptors (Lipinski definition) is 2. The number of aromatic nitrogens is 4. The van der Waals surface area contributed by atoms with Gasteiger partial charge in [-0.15, -0.1) is 0 Å². The fourth-order valence-corrected chi connectivity index (χ4v) is 9.59. The van der Waals surface area contributed by atoms with E-state index in [-0.39, 0.29) is 0 Å². The Labute approximate surface area is 308 Å². The third-order valence-electron chi connectivity index (χ3n) is 11.8. The third-order valence-corrected chi connectivity index (χ3v) is 11.8. The minimum Gasteiger partial charge on any atom is -0.308 e. The summed E-state index contributed by atoms with van der Waals surface area (Å²) >= 11 is 0. The second-order valence-electron chi connectivity index (χ2n) is 14.5. The number of fused-ring (bicyclic) bond motifs is 16. The summed E-state index contributed by atoms with van der Waals surface area (Å²) in [5.41, 5.74) is 7.94. The Balaban J connectivity index is 1.25. The van der Waals surface area contributed by atoms with Crippen LogP contribution in [0.4, 0.5) is 0 Å². The first-order valence-electron chi connectivity index (χ1n) is 18.5. The highest BCUT2D eigenvalue weighted by Crippen LogP contribution is 2.48. The Hall–Kier alpha value is -7.30. The average molecular weight is 685 g/mol. The molecule has 13 aromatic rings. The molecule has 0 saturated carbocycles. The number of rotatable bonds is 2. The van der Waals surface area contributed by atoms with Gasteiger partial charge in [-0.3, -0.25) is 4.57 Å². The highest BCUT2D eigenvalue weighted by atomic mass is 15.1. The molecule has 54 heavy (non-hydrogen) atoms. The van der Waals surface area contributed by atoms with E-state index in [9.17, 15) is 0 Å². The van der Waals surface area contributed by atoms with Gasteiger partial charge in [0.2, 0.25) is 0 Å². The molecule has 0 radical (unpaired) electrons. The van der Waals surface area contributed by atoms with E-state index >= 15 is 0 Å². The molecule has 9 aromatic carbocycles. The molecular formula is C50H28N4. The summed E-state index contributed by atoms with van der Waals surface area (Å²) in [5.74, 6) is 1.60. The topological polar surface area (TPSA) is 35.1 Å². The van der Waals surface area contributed by atoms with Gasteiger partial charge in [-0.25, -0.2) is 9.97 Å². The van der Waals surface area contributed by atoms with Crippen molar-refractivity contribution in [2.75, 3.05) is 0 Å². The number of nitrogens with zero attached hydrogens (tertiary/aromatic N) is 4. The van der Waals surface area contributed by atoms with E-state index in [2.05, 4.69) is 179 Å². The summed E-state index contributed by atoms with van der Waals surface area (Å²) in [6.07, 6.45) is 0.